The van der Waals surface area contributed by atoms with E-state index in [4.69, 9.17) is 19.2 Å². The minimum absolute atomic E-state index is 0.0366. The first-order valence-electron chi connectivity index (χ1n) is 24.1. The molecule has 9 rings (SSSR count). The number of nitrogens with zero attached hydrogens (tertiary/aromatic N) is 3. The van der Waals surface area contributed by atoms with Crippen LogP contribution in [0.5, 0.6) is 11.5 Å². The van der Waals surface area contributed by atoms with Gasteiger partial charge < -0.3 is 29.0 Å². The van der Waals surface area contributed by atoms with Crippen molar-refractivity contribution in [2.45, 2.75) is 130 Å². The van der Waals surface area contributed by atoms with Crippen molar-refractivity contribution in [1.82, 2.24) is 14.5 Å². The molecule has 4 fully saturated rings. The Hall–Kier alpha value is -5.40. The quantitative estimate of drug-likeness (QED) is 0.0813. The zero-order chi connectivity index (χ0) is 46.7. The third-order valence-corrected chi connectivity index (χ3v) is 17.1. The van der Waals surface area contributed by atoms with Crippen LogP contribution in [-0.2, 0) is 49.2 Å². The molecule has 0 radical (unpaired) electrons. The van der Waals surface area contributed by atoms with E-state index in [1.165, 1.54) is 4.57 Å². The van der Waals surface area contributed by atoms with E-state index < -0.39 is 36.3 Å². The Balaban J connectivity index is 0.848. The first-order chi connectivity index (χ1) is 31.7. The van der Waals surface area contributed by atoms with Crippen LogP contribution in [0.4, 0.5) is 0 Å². The van der Waals surface area contributed by atoms with Crippen LogP contribution in [0.3, 0.4) is 0 Å². The zero-order valence-corrected chi connectivity index (χ0v) is 38.9. The molecular formula is C53H63N3O10. The van der Waals surface area contributed by atoms with E-state index >= 15 is 0 Å². The number of esters is 2. The number of pyridine rings is 2. The highest BCUT2D eigenvalue weighted by Gasteiger charge is 2.60. The minimum Gasteiger partial charge on any atom is -0.508 e. The van der Waals surface area contributed by atoms with Gasteiger partial charge in [-0.3, -0.25) is 19.3 Å². The molecule has 4 saturated carbocycles. The van der Waals surface area contributed by atoms with Gasteiger partial charge in [-0.2, -0.15) is 0 Å². The Morgan fingerprint density at radius 1 is 0.955 bits per heavy atom. The summed E-state index contributed by atoms with van der Waals surface area (Å²) in [6.07, 6.45) is 9.10. The fraction of sp³-hybridized carbons (Fsp3) is 0.547. The average molecular weight is 902 g/mol. The Morgan fingerprint density at radius 2 is 1.73 bits per heavy atom. The maximum absolute atomic E-state index is 14.0. The number of carbonyl (C=O) groups is 4. The number of benzene rings is 2. The lowest BCUT2D eigenvalue weighted by Gasteiger charge is -2.60. The van der Waals surface area contributed by atoms with Crippen molar-refractivity contribution >= 4 is 34.9 Å². The van der Waals surface area contributed by atoms with Gasteiger partial charge in [0.1, 0.15) is 23.4 Å². The Morgan fingerprint density at radius 3 is 2.44 bits per heavy atom. The molecule has 350 valence electrons. The third kappa shape index (κ3) is 7.63. The standard InChI is InChI=1S/C53H63N3O10/c1-6-53(30-58,42-25-44-48-32(26-56(44)49(62)39(42)28-57)23-37-38(27-55(7-2)8-3)45(59)17-16-43(37)54-48)66-47(61)29-64-34-12-9-31(10-13-34)50(63)65-35-19-21-51(4)33(24-35)11-14-36-40-15-18-46(60)52(40,5)22-20-41(36)51/h9-10,12-13,16-17,23,25,30,33,35-36,40-41,57,59H,6-8,11,14-15,18-22,24,26-29H2,1-5H3/t33?,35-,36?,40?,41?,51+,52+,53-/m1/s1. The monoisotopic (exact) mass is 901 g/mol. The van der Waals surface area contributed by atoms with E-state index in [2.05, 4.69) is 32.6 Å². The van der Waals surface area contributed by atoms with E-state index in [0.717, 1.165) is 87.4 Å². The number of aromatic hydroxyl groups is 1. The van der Waals surface area contributed by atoms with Crippen molar-refractivity contribution in [3.63, 3.8) is 0 Å². The lowest BCUT2D eigenvalue weighted by atomic mass is 9.45. The SMILES string of the molecule is CCN(CC)Cc1c(O)ccc2nc3c(cc12)Cn1c-3cc([C@](C=O)(CC)OC(=O)COc2ccc(C(=O)O[C@@H]3CC[C@@]4(C)C(CCC5C4CC[C@]4(C)C(=O)CCC54)C3)cc2)c(CO)c1=O. The number of ketones is 1. The predicted octanol–water partition coefficient (Wildman–Crippen LogP) is 8.03. The van der Waals surface area contributed by atoms with Crippen LogP contribution < -0.4 is 10.3 Å². The van der Waals surface area contributed by atoms with Gasteiger partial charge in [0.15, 0.2) is 18.5 Å². The van der Waals surface area contributed by atoms with Crippen molar-refractivity contribution in [1.29, 1.82) is 0 Å². The van der Waals surface area contributed by atoms with Gasteiger partial charge in [-0.25, -0.2) is 14.6 Å². The maximum atomic E-state index is 14.0. The van der Waals surface area contributed by atoms with Crippen LogP contribution in [0.2, 0.25) is 0 Å². The van der Waals surface area contributed by atoms with Crippen LogP contribution in [0.15, 0.2) is 53.3 Å². The van der Waals surface area contributed by atoms with E-state index in [9.17, 15) is 34.2 Å². The highest BCUT2D eigenvalue weighted by Crippen LogP contribution is 2.65. The number of aldehydes is 1. The number of aliphatic hydroxyl groups is 1. The summed E-state index contributed by atoms with van der Waals surface area (Å²) >= 11 is 0. The molecule has 2 N–H and O–H groups in total. The van der Waals surface area contributed by atoms with Crippen LogP contribution in [-0.4, -0.2) is 74.5 Å². The van der Waals surface area contributed by atoms with E-state index in [-0.39, 0.29) is 46.8 Å². The summed E-state index contributed by atoms with van der Waals surface area (Å²) in [6.45, 7) is 11.4. The van der Waals surface area contributed by atoms with Gasteiger partial charge in [0.05, 0.1) is 41.2 Å². The molecule has 0 amide bonds. The van der Waals surface area contributed by atoms with Crippen molar-refractivity contribution < 1.29 is 43.6 Å². The van der Waals surface area contributed by atoms with Crippen LogP contribution in [0.25, 0.3) is 22.3 Å². The number of aromatic nitrogens is 2. The Bertz CT molecular complexity index is 2640. The van der Waals surface area contributed by atoms with E-state index in [0.29, 0.717) is 70.5 Å². The fourth-order valence-corrected chi connectivity index (χ4v) is 13.1. The predicted molar refractivity (Wildman–Crippen MR) is 247 cm³/mol. The van der Waals surface area contributed by atoms with Crippen LogP contribution in [0.1, 0.15) is 131 Å². The first-order valence-corrected chi connectivity index (χ1v) is 24.1. The summed E-state index contributed by atoms with van der Waals surface area (Å²) in [4.78, 5) is 73.9. The number of rotatable bonds is 14. The van der Waals surface area contributed by atoms with Gasteiger partial charge in [0.25, 0.3) is 5.56 Å². The summed E-state index contributed by atoms with van der Waals surface area (Å²) < 4.78 is 19.2. The van der Waals surface area contributed by atoms with Gasteiger partial charge in [0.2, 0.25) is 0 Å². The molecule has 13 nitrogen and oxygen atoms in total. The van der Waals surface area contributed by atoms with Crippen molar-refractivity contribution in [3.05, 3.63) is 86.7 Å². The molecule has 0 bridgehead atoms. The van der Waals surface area contributed by atoms with Gasteiger partial charge in [-0.05, 0) is 148 Å². The number of aliphatic hydroxyl groups excluding tert-OH is 1. The molecule has 8 atom stereocenters. The smallest absolute Gasteiger partial charge is 0.345 e. The number of ether oxygens (including phenoxy) is 3. The van der Waals surface area contributed by atoms with Crippen molar-refractivity contribution in [2.75, 3.05) is 19.7 Å². The molecule has 4 aromatic rings. The molecule has 1 aliphatic heterocycles. The molecule has 2 aromatic carbocycles. The average Bonchev–Trinajstić information content (AvgIpc) is 3.84. The molecule has 13 heteroatoms. The van der Waals surface area contributed by atoms with Crippen molar-refractivity contribution in [2.24, 2.45) is 34.5 Å². The summed E-state index contributed by atoms with van der Waals surface area (Å²) in [5.74, 6) is 1.86. The molecule has 66 heavy (non-hydrogen) atoms. The summed E-state index contributed by atoms with van der Waals surface area (Å²) in [6, 6.07) is 13.2. The molecule has 4 aliphatic carbocycles. The fourth-order valence-electron chi connectivity index (χ4n) is 13.1. The number of fused-ring (bicyclic) bond motifs is 9. The maximum Gasteiger partial charge on any atom is 0.345 e. The number of hydrogen-bond acceptors (Lipinski definition) is 12. The van der Waals surface area contributed by atoms with Gasteiger partial charge in [-0.15, -0.1) is 0 Å². The molecular weight excluding hydrogens is 839 g/mol. The second kappa shape index (κ2) is 17.7. The van der Waals surface area contributed by atoms with Gasteiger partial charge in [0, 0.05) is 40.5 Å². The molecule has 0 saturated heterocycles. The number of hydrogen-bond donors (Lipinski definition) is 2. The number of Topliss-reactive ketones (excluding diaryl/α,β-unsaturated/α-hetero) is 1. The molecule has 4 unspecified atom stereocenters. The number of carbonyl (C=O) groups excluding carboxylic acids is 4. The lowest BCUT2D eigenvalue weighted by Crippen LogP contribution is -2.54. The van der Waals surface area contributed by atoms with Crippen molar-refractivity contribution in [3.8, 4) is 22.9 Å². The highest BCUT2D eigenvalue weighted by atomic mass is 16.6. The Kier molecular flexibility index (Phi) is 12.3. The topological polar surface area (TPSA) is 175 Å². The highest BCUT2D eigenvalue weighted by molar-refractivity contribution is 5.90. The normalized spacial score (nSPS) is 27.3. The first kappa shape index (κ1) is 45.7. The number of phenols is 1. The molecule has 2 aromatic heterocycles. The van der Waals surface area contributed by atoms with E-state index in [1.807, 2.05) is 6.07 Å². The second-order valence-electron chi connectivity index (χ2n) is 20.1. The van der Waals surface area contributed by atoms with Gasteiger partial charge in [-0.1, -0.05) is 34.6 Å². The molecule has 0 spiro atoms. The molecule has 5 aliphatic rings. The van der Waals surface area contributed by atoms with E-state index in [1.54, 1.807) is 49.4 Å². The third-order valence-electron chi connectivity index (χ3n) is 17.1. The summed E-state index contributed by atoms with van der Waals surface area (Å²) in [7, 11) is 0. The second-order valence-corrected chi connectivity index (χ2v) is 20.1. The van der Waals surface area contributed by atoms with Gasteiger partial charge >= 0.3 is 11.9 Å². The zero-order valence-electron chi connectivity index (χ0n) is 38.9. The minimum atomic E-state index is -1.92. The lowest BCUT2D eigenvalue weighted by molar-refractivity contribution is -0.166. The summed E-state index contributed by atoms with van der Waals surface area (Å²) in [5, 5.41) is 22.2. The van der Waals surface area contributed by atoms with Crippen LogP contribution in [0, 0.1) is 34.5 Å². The largest absolute Gasteiger partial charge is 0.508 e. The summed E-state index contributed by atoms with van der Waals surface area (Å²) in [5.41, 5.74) is 0.996. The number of phenolic OH excluding ortho intramolecular Hbond substituents is 1. The molecule has 3 heterocycles. The Labute approximate surface area is 385 Å². The van der Waals surface area contributed by atoms with Crippen LogP contribution >= 0.6 is 0 Å².